The molecule has 3 heterocycles. The van der Waals surface area contributed by atoms with Gasteiger partial charge in [-0.1, -0.05) is 0 Å². The minimum Gasteiger partial charge on any atom is -0.346 e. The van der Waals surface area contributed by atoms with E-state index in [0.717, 1.165) is 11.1 Å². The Bertz CT molecular complexity index is 1050. The molecule has 0 radical (unpaired) electrons. The first-order valence-electron chi connectivity index (χ1n) is 9.64. The standard InChI is InChI=1S/C22H26N4O/c1-20(2,3)24-22-12-21(13-22,14-22)16-10-17(25(4)11-16)19(27)26-9-7-15-6-5-8-23-18(15)26/h5-11,24H,12-14H2,1-4H3. The Morgan fingerprint density at radius 1 is 1.22 bits per heavy atom. The molecule has 5 nitrogen and oxygen atoms in total. The van der Waals surface area contributed by atoms with Crippen molar-refractivity contribution in [2.24, 2.45) is 7.05 Å². The van der Waals surface area contributed by atoms with E-state index in [-0.39, 0.29) is 16.9 Å². The molecule has 0 saturated heterocycles. The van der Waals surface area contributed by atoms with E-state index in [2.05, 4.69) is 43.3 Å². The van der Waals surface area contributed by atoms with Gasteiger partial charge in [0.1, 0.15) is 11.3 Å². The van der Waals surface area contributed by atoms with Crippen LogP contribution in [0.25, 0.3) is 11.0 Å². The van der Waals surface area contributed by atoms with Crippen LogP contribution >= 0.6 is 0 Å². The van der Waals surface area contributed by atoms with Crippen molar-refractivity contribution in [3.8, 4) is 0 Å². The average Bonchev–Trinajstić information content (AvgIpc) is 3.11. The van der Waals surface area contributed by atoms with Gasteiger partial charge in [-0.2, -0.15) is 0 Å². The number of nitrogens with one attached hydrogen (secondary N) is 1. The molecular formula is C22H26N4O. The van der Waals surface area contributed by atoms with Gasteiger partial charge < -0.3 is 9.88 Å². The number of pyridine rings is 1. The van der Waals surface area contributed by atoms with E-state index in [1.54, 1.807) is 10.8 Å². The lowest BCUT2D eigenvalue weighted by Gasteiger charge is -2.72. The highest BCUT2D eigenvalue weighted by Crippen LogP contribution is 2.68. The number of carbonyl (C=O) groups is 1. The third-order valence-electron chi connectivity index (χ3n) is 6.17. The second kappa shape index (κ2) is 5.10. The van der Waals surface area contributed by atoms with Crippen LogP contribution in [0.1, 0.15) is 56.1 Å². The SMILES string of the molecule is Cn1cc(C23CC(NC(C)(C)C)(C2)C3)cc1C(=O)n1ccc2cccnc21. The van der Waals surface area contributed by atoms with Gasteiger partial charge in [0.05, 0.1) is 0 Å². The Balaban J connectivity index is 1.41. The van der Waals surface area contributed by atoms with Gasteiger partial charge in [0.2, 0.25) is 0 Å². The lowest BCUT2D eigenvalue weighted by Crippen LogP contribution is -2.78. The third-order valence-corrected chi connectivity index (χ3v) is 6.17. The summed E-state index contributed by atoms with van der Waals surface area (Å²) in [7, 11) is 1.96. The van der Waals surface area contributed by atoms with Gasteiger partial charge in [-0.15, -0.1) is 0 Å². The molecule has 6 rings (SSSR count). The highest BCUT2D eigenvalue weighted by Gasteiger charge is 2.69. The van der Waals surface area contributed by atoms with E-state index < -0.39 is 0 Å². The molecule has 3 aromatic rings. The van der Waals surface area contributed by atoms with Crippen molar-refractivity contribution in [1.29, 1.82) is 0 Å². The van der Waals surface area contributed by atoms with Crippen molar-refractivity contribution in [2.75, 3.05) is 0 Å². The smallest absolute Gasteiger partial charge is 0.280 e. The van der Waals surface area contributed by atoms with E-state index in [0.29, 0.717) is 11.2 Å². The summed E-state index contributed by atoms with van der Waals surface area (Å²) in [5, 5.41) is 4.77. The van der Waals surface area contributed by atoms with Gasteiger partial charge in [0.15, 0.2) is 0 Å². The lowest BCUT2D eigenvalue weighted by atomic mass is 9.37. The Morgan fingerprint density at radius 3 is 2.67 bits per heavy atom. The number of hydrogen-bond donors (Lipinski definition) is 1. The Morgan fingerprint density at radius 2 is 1.96 bits per heavy atom. The molecular weight excluding hydrogens is 336 g/mol. The van der Waals surface area contributed by atoms with Crippen LogP contribution in [0.5, 0.6) is 0 Å². The van der Waals surface area contributed by atoms with E-state index in [4.69, 9.17) is 0 Å². The zero-order chi connectivity index (χ0) is 19.0. The summed E-state index contributed by atoms with van der Waals surface area (Å²) in [4.78, 5) is 17.5. The first-order valence-corrected chi connectivity index (χ1v) is 9.64. The fraction of sp³-hybridized carbons (Fsp3) is 0.455. The van der Waals surface area contributed by atoms with Crippen LogP contribution in [0.15, 0.2) is 42.9 Å². The molecule has 0 aromatic carbocycles. The first kappa shape index (κ1) is 16.8. The maximum atomic E-state index is 13.1. The third kappa shape index (κ3) is 2.41. The molecule has 0 unspecified atom stereocenters. The van der Waals surface area contributed by atoms with Crippen molar-refractivity contribution >= 4 is 16.9 Å². The van der Waals surface area contributed by atoms with Crippen molar-refractivity contribution in [2.45, 2.75) is 56.5 Å². The summed E-state index contributed by atoms with van der Waals surface area (Å²) in [6, 6.07) is 7.90. The fourth-order valence-electron chi connectivity index (χ4n) is 5.34. The number of hydrogen-bond acceptors (Lipinski definition) is 3. The minimum absolute atomic E-state index is 0.0217. The molecule has 3 saturated carbocycles. The van der Waals surface area contributed by atoms with Gasteiger partial charge in [0.25, 0.3) is 5.91 Å². The van der Waals surface area contributed by atoms with Crippen LogP contribution < -0.4 is 5.32 Å². The van der Waals surface area contributed by atoms with E-state index in [1.807, 2.05) is 36.0 Å². The molecule has 5 heteroatoms. The molecule has 3 aliphatic carbocycles. The van der Waals surface area contributed by atoms with Crippen LogP contribution in [0.4, 0.5) is 0 Å². The average molecular weight is 362 g/mol. The highest BCUT2D eigenvalue weighted by molar-refractivity contribution is 6.00. The predicted molar refractivity (Wildman–Crippen MR) is 106 cm³/mol. The van der Waals surface area contributed by atoms with Gasteiger partial charge in [0, 0.05) is 47.5 Å². The molecule has 2 bridgehead atoms. The summed E-state index contributed by atoms with van der Waals surface area (Å²) >= 11 is 0. The maximum Gasteiger partial charge on any atom is 0.280 e. The van der Waals surface area contributed by atoms with E-state index in [1.165, 1.54) is 24.8 Å². The number of fused-ring (bicyclic) bond motifs is 1. The maximum absolute atomic E-state index is 13.1. The molecule has 3 fully saturated rings. The molecule has 0 aliphatic heterocycles. The lowest BCUT2D eigenvalue weighted by molar-refractivity contribution is -0.102. The van der Waals surface area contributed by atoms with Gasteiger partial charge in [-0.3, -0.25) is 9.36 Å². The van der Waals surface area contributed by atoms with Gasteiger partial charge in [-0.25, -0.2) is 4.98 Å². The Hall–Kier alpha value is -2.40. The number of carbonyl (C=O) groups excluding carboxylic acids is 1. The molecule has 0 spiro atoms. The molecule has 1 N–H and O–H groups in total. The number of nitrogens with zero attached hydrogens (tertiary/aromatic N) is 3. The molecule has 0 amide bonds. The number of aromatic nitrogens is 3. The monoisotopic (exact) mass is 362 g/mol. The first-order chi connectivity index (χ1) is 12.7. The zero-order valence-corrected chi connectivity index (χ0v) is 16.4. The van der Waals surface area contributed by atoms with Crippen LogP contribution in [0.3, 0.4) is 0 Å². The molecule has 140 valence electrons. The van der Waals surface area contributed by atoms with E-state index >= 15 is 0 Å². The zero-order valence-electron chi connectivity index (χ0n) is 16.4. The van der Waals surface area contributed by atoms with Crippen LogP contribution in [-0.4, -0.2) is 31.1 Å². The summed E-state index contributed by atoms with van der Waals surface area (Å²) in [6.07, 6.45) is 9.20. The van der Waals surface area contributed by atoms with Crippen LogP contribution in [-0.2, 0) is 12.5 Å². The van der Waals surface area contributed by atoms with Crippen LogP contribution in [0.2, 0.25) is 0 Å². The van der Waals surface area contributed by atoms with Crippen LogP contribution in [0, 0.1) is 0 Å². The molecule has 27 heavy (non-hydrogen) atoms. The largest absolute Gasteiger partial charge is 0.346 e. The van der Waals surface area contributed by atoms with Crippen molar-refractivity contribution in [3.05, 3.63) is 54.1 Å². The Kier molecular flexibility index (Phi) is 3.17. The van der Waals surface area contributed by atoms with E-state index in [9.17, 15) is 4.79 Å². The quantitative estimate of drug-likeness (QED) is 0.774. The summed E-state index contributed by atoms with van der Waals surface area (Å²) in [5.74, 6) is -0.0217. The number of rotatable bonds is 3. The molecule has 3 aromatic heterocycles. The van der Waals surface area contributed by atoms with Crippen molar-refractivity contribution in [1.82, 2.24) is 19.4 Å². The van der Waals surface area contributed by atoms with Gasteiger partial charge >= 0.3 is 0 Å². The molecule has 3 aliphatic rings. The summed E-state index contributed by atoms with van der Waals surface area (Å²) in [6.45, 7) is 6.69. The van der Waals surface area contributed by atoms with Gasteiger partial charge in [-0.05, 0) is 69.9 Å². The minimum atomic E-state index is -0.0217. The normalized spacial score (nSPS) is 26.7. The number of aryl methyl sites for hydroxylation is 1. The highest BCUT2D eigenvalue weighted by atomic mass is 16.2. The topological polar surface area (TPSA) is 51.9 Å². The fourth-order valence-corrected chi connectivity index (χ4v) is 5.34. The predicted octanol–water partition coefficient (Wildman–Crippen LogP) is 3.63. The molecule has 0 atom stereocenters. The summed E-state index contributed by atoms with van der Waals surface area (Å²) < 4.78 is 3.62. The summed E-state index contributed by atoms with van der Waals surface area (Å²) in [5.41, 5.74) is 3.44. The van der Waals surface area contributed by atoms with Crippen molar-refractivity contribution in [3.63, 3.8) is 0 Å². The Labute approximate surface area is 159 Å². The second-order valence-electron chi connectivity index (χ2n) is 9.60. The second-order valence-corrected chi connectivity index (χ2v) is 9.60. The van der Waals surface area contributed by atoms with Crippen molar-refractivity contribution < 1.29 is 4.79 Å².